The second-order valence-electron chi connectivity index (χ2n) is 4.67. The number of amides is 1. The van der Waals surface area contributed by atoms with Gasteiger partial charge in [-0.3, -0.25) is 4.79 Å². The average molecular weight is 303 g/mol. The van der Waals surface area contributed by atoms with Crippen molar-refractivity contribution in [1.82, 2.24) is 5.32 Å². The standard InChI is InChI=1S/C14H25NO4S/c1-4-10(2)13(14(18)19-3)15-12(17)9-11(16)7-5-6-8-20/h5,7,10-11,13,16,20H,4,6,8-9H2,1-3H3,(H,15,17)/b7-5+/t10-,11?,13?/m0/s1. The third kappa shape index (κ3) is 7.55. The molecule has 0 saturated heterocycles. The molecule has 6 heteroatoms. The molecule has 0 aromatic heterocycles. The van der Waals surface area contributed by atoms with Crippen LogP contribution in [-0.4, -0.2) is 42.0 Å². The zero-order chi connectivity index (χ0) is 15.5. The minimum atomic E-state index is -0.856. The Balaban J connectivity index is 4.42. The highest BCUT2D eigenvalue weighted by Crippen LogP contribution is 2.10. The van der Waals surface area contributed by atoms with E-state index in [9.17, 15) is 14.7 Å². The van der Waals surface area contributed by atoms with Crippen molar-refractivity contribution < 1.29 is 19.4 Å². The number of hydrogen-bond donors (Lipinski definition) is 3. The molecule has 2 N–H and O–H groups in total. The minimum absolute atomic E-state index is 0.0248. The van der Waals surface area contributed by atoms with Gasteiger partial charge in [0.1, 0.15) is 6.04 Å². The van der Waals surface area contributed by atoms with Crippen LogP contribution in [0, 0.1) is 5.92 Å². The summed E-state index contributed by atoms with van der Waals surface area (Å²) >= 11 is 4.04. The third-order valence-corrected chi connectivity index (χ3v) is 3.29. The highest BCUT2D eigenvalue weighted by Gasteiger charge is 2.26. The van der Waals surface area contributed by atoms with Gasteiger partial charge in [0.15, 0.2) is 0 Å². The van der Waals surface area contributed by atoms with Crippen LogP contribution in [0.15, 0.2) is 12.2 Å². The summed E-state index contributed by atoms with van der Waals surface area (Å²) < 4.78 is 4.68. The maximum absolute atomic E-state index is 11.8. The molecule has 0 aromatic rings. The van der Waals surface area contributed by atoms with Crippen molar-refractivity contribution in [3.05, 3.63) is 12.2 Å². The van der Waals surface area contributed by atoms with Crippen molar-refractivity contribution in [2.24, 2.45) is 5.92 Å². The molecule has 0 aliphatic heterocycles. The number of nitrogens with one attached hydrogen (secondary N) is 1. The molecule has 1 amide bonds. The van der Waals surface area contributed by atoms with Gasteiger partial charge in [0, 0.05) is 0 Å². The maximum Gasteiger partial charge on any atom is 0.328 e. The number of ether oxygens (including phenoxy) is 1. The average Bonchev–Trinajstić information content (AvgIpc) is 2.43. The quantitative estimate of drug-likeness (QED) is 0.341. The highest BCUT2D eigenvalue weighted by atomic mass is 32.1. The van der Waals surface area contributed by atoms with Crippen molar-refractivity contribution in [3.8, 4) is 0 Å². The Bertz CT molecular complexity index is 333. The van der Waals surface area contributed by atoms with Gasteiger partial charge in [-0.1, -0.05) is 32.4 Å². The van der Waals surface area contributed by atoms with Crippen molar-refractivity contribution in [3.63, 3.8) is 0 Å². The van der Waals surface area contributed by atoms with E-state index in [-0.39, 0.29) is 18.2 Å². The predicted octanol–water partition coefficient (Wildman–Crippen LogP) is 1.32. The first kappa shape index (κ1) is 19.0. The Kier molecular flexibility index (Phi) is 10.2. The molecule has 5 nitrogen and oxygen atoms in total. The predicted molar refractivity (Wildman–Crippen MR) is 81.6 cm³/mol. The molecule has 0 aromatic carbocycles. The van der Waals surface area contributed by atoms with E-state index in [1.807, 2.05) is 13.8 Å². The SMILES string of the molecule is CC[C@H](C)C(NC(=O)CC(O)/C=C/CCS)C(=O)OC. The largest absolute Gasteiger partial charge is 0.467 e. The molecule has 0 rings (SSSR count). The van der Waals surface area contributed by atoms with Gasteiger partial charge in [-0.05, 0) is 18.1 Å². The lowest BCUT2D eigenvalue weighted by molar-refractivity contribution is -0.146. The number of aliphatic hydroxyl groups is 1. The van der Waals surface area contributed by atoms with Crippen LogP contribution in [0.4, 0.5) is 0 Å². The summed E-state index contributed by atoms with van der Waals surface area (Å²) in [5.74, 6) is -0.173. The van der Waals surface area contributed by atoms with Crippen LogP contribution < -0.4 is 5.32 Å². The molecule has 2 unspecified atom stereocenters. The van der Waals surface area contributed by atoms with Crippen LogP contribution in [0.2, 0.25) is 0 Å². The molecule has 116 valence electrons. The molecular formula is C14H25NO4S. The van der Waals surface area contributed by atoms with E-state index in [4.69, 9.17) is 0 Å². The summed E-state index contributed by atoms with van der Waals surface area (Å²) in [6.07, 6.45) is 3.88. The Morgan fingerprint density at radius 2 is 2.10 bits per heavy atom. The fourth-order valence-corrected chi connectivity index (χ4v) is 1.76. The number of thiol groups is 1. The molecule has 0 heterocycles. The summed E-state index contributed by atoms with van der Waals surface area (Å²) in [5.41, 5.74) is 0. The Morgan fingerprint density at radius 3 is 2.60 bits per heavy atom. The fraction of sp³-hybridized carbons (Fsp3) is 0.714. The third-order valence-electron chi connectivity index (χ3n) is 3.03. The number of rotatable bonds is 9. The molecule has 0 bridgehead atoms. The second kappa shape index (κ2) is 10.7. The van der Waals surface area contributed by atoms with Crippen LogP contribution in [0.5, 0.6) is 0 Å². The summed E-state index contributed by atoms with van der Waals surface area (Å²) in [4.78, 5) is 23.4. The molecule has 0 fully saturated rings. The van der Waals surface area contributed by atoms with Crippen LogP contribution in [-0.2, 0) is 14.3 Å². The van der Waals surface area contributed by atoms with E-state index in [0.717, 1.165) is 12.8 Å². The van der Waals surface area contributed by atoms with E-state index in [1.165, 1.54) is 7.11 Å². The number of methoxy groups -OCH3 is 1. The first-order chi connectivity index (χ1) is 9.46. The van der Waals surface area contributed by atoms with Gasteiger partial charge in [0.05, 0.1) is 19.6 Å². The van der Waals surface area contributed by atoms with E-state index < -0.39 is 18.1 Å². The maximum atomic E-state index is 11.8. The Hall–Kier alpha value is -1.01. The van der Waals surface area contributed by atoms with Crippen molar-refractivity contribution in [2.45, 2.75) is 45.3 Å². The topological polar surface area (TPSA) is 75.6 Å². The monoisotopic (exact) mass is 303 g/mol. The lowest BCUT2D eigenvalue weighted by Crippen LogP contribution is -2.46. The summed E-state index contributed by atoms with van der Waals surface area (Å²) in [6.45, 7) is 3.80. The van der Waals surface area contributed by atoms with Crippen LogP contribution in [0.3, 0.4) is 0 Å². The number of aliphatic hydroxyl groups excluding tert-OH is 1. The van der Waals surface area contributed by atoms with Crippen molar-refractivity contribution in [2.75, 3.05) is 12.9 Å². The number of carbonyl (C=O) groups excluding carboxylic acids is 2. The minimum Gasteiger partial charge on any atom is -0.467 e. The summed E-state index contributed by atoms with van der Waals surface area (Å²) in [5, 5.41) is 12.3. The van der Waals surface area contributed by atoms with Crippen LogP contribution >= 0.6 is 12.6 Å². The molecular weight excluding hydrogens is 278 g/mol. The van der Waals surface area contributed by atoms with Gasteiger partial charge in [0.2, 0.25) is 5.91 Å². The summed E-state index contributed by atoms with van der Waals surface area (Å²) in [6, 6.07) is -0.675. The number of carbonyl (C=O) groups is 2. The van der Waals surface area contributed by atoms with Crippen molar-refractivity contribution >= 4 is 24.5 Å². The number of allylic oxidation sites excluding steroid dienone is 1. The lowest BCUT2D eigenvalue weighted by Gasteiger charge is -2.22. The van der Waals surface area contributed by atoms with Crippen LogP contribution in [0.1, 0.15) is 33.1 Å². The first-order valence-electron chi connectivity index (χ1n) is 6.79. The summed E-state index contributed by atoms with van der Waals surface area (Å²) in [7, 11) is 1.29. The van der Waals surface area contributed by atoms with E-state index >= 15 is 0 Å². The normalized spacial score (nSPS) is 15.7. The fourth-order valence-electron chi connectivity index (χ4n) is 1.61. The number of esters is 1. The molecule has 0 aliphatic rings. The van der Waals surface area contributed by atoms with Gasteiger partial charge in [-0.25, -0.2) is 4.79 Å². The van der Waals surface area contributed by atoms with Gasteiger partial charge >= 0.3 is 5.97 Å². The van der Waals surface area contributed by atoms with Gasteiger partial charge in [-0.15, -0.1) is 0 Å². The molecule has 20 heavy (non-hydrogen) atoms. The van der Waals surface area contributed by atoms with E-state index in [0.29, 0.717) is 5.75 Å². The zero-order valence-electron chi connectivity index (χ0n) is 12.3. The van der Waals surface area contributed by atoms with Crippen LogP contribution in [0.25, 0.3) is 0 Å². The Labute approximate surface area is 126 Å². The molecule has 0 spiro atoms. The second-order valence-corrected chi connectivity index (χ2v) is 5.11. The molecule has 0 saturated carbocycles. The van der Waals surface area contributed by atoms with E-state index in [2.05, 4.69) is 22.7 Å². The first-order valence-corrected chi connectivity index (χ1v) is 7.42. The van der Waals surface area contributed by atoms with Gasteiger partial charge in [0.25, 0.3) is 0 Å². The molecule has 0 radical (unpaired) electrons. The molecule has 3 atom stereocenters. The molecule has 0 aliphatic carbocycles. The lowest BCUT2D eigenvalue weighted by atomic mass is 9.99. The highest BCUT2D eigenvalue weighted by molar-refractivity contribution is 7.80. The zero-order valence-corrected chi connectivity index (χ0v) is 13.2. The van der Waals surface area contributed by atoms with Gasteiger partial charge < -0.3 is 15.2 Å². The van der Waals surface area contributed by atoms with Crippen molar-refractivity contribution in [1.29, 1.82) is 0 Å². The number of hydrogen-bond acceptors (Lipinski definition) is 5. The van der Waals surface area contributed by atoms with E-state index in [1.54, 1.807) is 12.2 Å². The smallest absolute Gasteiger partial charge is 0.328 e. The van der Waals surface area contributed by atoms with Gasteiger partial charge in [-0.2, -0.15) is 12.6 Å². The Morgan fingerprint density at radius 1 is 1.45 bits per heavy atom.